The molecule has 6 nitrogen and oxygen atoms in total. The normalized spacial score (nSPS) is 10.3. The maximum Gasteiger partial charge on any atom is 0.337 e. The summed E-state index contributed by atoms with van der Waals surface area (Å²) < 4.78 is 1.75. The van der Waals surface area contributed by atoms with Crippen molar-refractivity contribution < 1.29 is 9.90 Å². The van der Waals surface area contributed by atoms with Gasteiger partial charge in [-0.3, -0.25) is 0 Å². The van der Waals surface area contributed by atoms with E-state index in [0.717, 1.165) is 0 Å². The molecule has 0 unspecified atom stereocenters. The summed E-state index contributed by atoms with van der Waals surface area (Å²) in [7, 11) is 1.82. The molecule has 94 valence electrons. The zero-order chi connectivity index (χ0) is 13.1. The predicted octanol–water partition coefficient (Wildman–Crippen LogP) is 1.78. The Morgan fingerprint density at radius 1 is 1.56 bits per heavy atom. The number of aromatic nitrogens is 3. The Morgan fingerprint density at radius 3 is 2.94 bits per heavy atom. The Kier molecular flexibility index (Phi) is 3.47. The molecule has 0 aliphatic heterocycles. The van der Waals surface area contributed by atoms with Gasteiger partial charge in [-0.15, -0.1) is 10.2 Å². The van der Waals surface area contributed by atoms with E-state index in [2.05, 4.69) is 15.5 Å². The summed E-state index contributed by atoms with van der Waals surface area (Å²) >= 11 is 5.77. The van der Waals surface area contributed by atoms with Crippen LogP contribution in [0, 0.1) is 0 Å². The van der Waals surface area contributed by atoms with Gasteiger partial charge in [0.15, 0.2) is 5.82 Å². The van der Waals surface area contributed by atoms with Crippen molar-refractivity contribution in [1.82, 2.24) is 14.8 Å². The summed E-state index contributed by atoms with van der Waals surface area (Å²) in [6.07, 6.45) is 1.58. The highest BCUT2D eigenvalue weighted by atomic mass is 35.5. The number of aromatic carboxylic acids is 1. The third-order valence-corrected chi connectivity index (χ3v) is 2.69. The Labute approximate surface area is 108 Å². The van der Waals surface area contributed by atoms with E-state index in [0.29, 0.717) is 23.1 Å². The molecule has 7 heteroatoms. The lowest BCUT2D eigenvalue weighted by Crippen LogP contribution is -2.09. The van der Waals surface area contributed by atoms with Crippen LogP contribution in [-0.2, 0) is 13.6 Å². The number of carboxylic acids is 1. The van der Waals surface area contributed by atoms with Crippen LogP contribution >= 0.6 is 11.6 Å². The minimum atomic E-state index is -1.03. The van der Waals surface area contributed by atoms with Crippen molar-refractivity contribution in [3.8, 4) is 0 Å². The van der Waals surface area contributed by atoms with Crippen LogP contribution < -0.4 is 5.32 Å². The number of nitrogens with zero attached hydrogens (tertiary/aromatic N) is 3. The minimum Gasteiger partial charge on any atom is -0.478 e. The molecule has 0 spiro atoms. The van der Waals surface area contributed by atoms with E-state index in [9.17, 15) is 4.79 Å². The highest BCUT2D eigenvalue weighted by molar-refractivity contribution is 6.31. The van der Waals surface area contributed by atoms with Gasteiger partial charge in [0.1, 0.15) is 6.33 Å². The molecule has 1 heterocycles. The number of halogens is 1. The topological polar surface area (TPSA) is 80.0 Å². The Balaban J connectivity index is 2.19. The average molecular weight is 267 g/mol. The lowest BCUT2D eigenvalue weighted by atomic mass is 10.2. The third kappa shape index (κ3) is 2.60. The number of hydrogen-bond donors (Lipinski definition) is 2. The SMILES string of the molecule is Cn1cnnc1CNc1ccc(Cl)cc1C(=O)O. The second kappa shape index (κ2) is 5.05. The van der Waals surface area contributed by atoms with E-state index in [4.69, 9.17) is 16.7 Å². The van der Waals surface area contributed by atoms with Gasteiger partial charge in [0, 0.05) is 17.8 Å². The fourth-order valence-corrected chi connectivity index (χ4v) is 1.66. The van der Waals surface area contributed by atoms with E-state index >= 15 is 0 Å². The molecule has 0 bridgehead atoms. The van der Waals surface area contributed by atoms with Gasteiger partial charge in [0.05, 0.1) is 12.1 Å². The van der Waals surface area contributed by atoms with Crippen LogP contribution in [0.15, 0.2) is 24.5 Å². The van der Waals surface area contributed by atoms with Crippen LogP contribution in [0.1, 0.15) is 16.2 Å². The maximum atomic E-state index is 11.1. The number of carboxylic acid groups (broad SMARTS) is 1. The maximum absolute atomic E-state index is 11.1. The van der Waals surface area contributed by atoms with Crippen molar-refractivity contribution in [1.29, 1.82) is 0 Å². The molecular weight excluding hydrogens is 256 g/mol. The zero-order valence-corrected chi connectivity index (χ0v) is 10.3. The first-order valence-electron chi connectivity index (χ1n) is 5.17. The van der Waals surface area contributed by atoms with Crippen LogP contribution in [0.4, 0.5) is 5.69 Å². The summed E-state index contributed by atoms with van der Waals surface area (Å²) in [5.74, 6) is -0.320. The lowest BCUT2D eigenvalue weighted by molar-refractivity contribution is 0.0698. The van der Waals surface area contributed by atoms with Crippen LogP contribution in [0.25, 0.3) is 0 Å². The highest BCUT2D eigenvalue weighted by Gasteiger charge is 2.11. The molecular formula is C11H11ClN4O2. The van der Waals surface area contributed by atoms with Crippen LogP contribution in [0.3, 0.4) is 0 Å². The molecule has 1 aromatic heterocycles. The van der Waals surface area contributed by atoms with Crippen molar-refractivity contribution in [2.75, 3.05) is 5.32 Å². The van der Waals surface area contributed by atoms with E-state index < -0.39 is 5.97 Å². The molecule has 0 aliphatic rings. The number of rotatable bonds is 4. The lowest BCUT2D eigenvalue weighted by Gasteiger charge is -2.09. The summed E-state index contributed by atoms with van der Waals surface area (Å²) in [6.45, 7) is 0.387. The monoisotopic (exact) mass is 266 g/mol. The van der Waals surface area contributed by atoms with Crippen LogP contribution in [0.2, 0.25) is 5.02 Å². The van der Waals surface area contributed by atoms with Gasteiger partial charge in [-0.2, -0.15) is 0 Å². The number of anilines is 1. The summed E-state index contributed by atoms with van der Waals surface area (Å²) in [5, 5.41) is 20.1. The van der Waals surface area contributed by atoms with Crippen molar-refractivity contribution >= 4 is 23.3 Å². The zero-order valence-electron chi connectivity index (χ0n) is 9.59. The fraction of sp³-hybridized carbons (Fsp3) is 0.182. The second-order valence-electron chi connectivity index (χ2n) is 3.71. The first-order chi connectivity index (χ1) is 8.58. The molecule has 2 N–H and O–H groups in total. The van der Waals surface area contributed by atoms with Crippen LogP contribution in [-0.4, -0.2) is 25.8 Å². The third-order valence-electron chi connectivity index (χ3n) is 2.45. The van der Waals surface area contributed by atoms with E-state index in [1.165, 1.54) is 6.07 Å². The summed E-state index contributed by atoms with van der Waals surface area (Å²) in [6, 6.07) is 4.66. The summed E-state index contributed by atoms with van der Waals surface area (Å²) in [5.41, 5.74) is 0.625. The smallest absolute Gasteiger partial charge is 0.337 e. The van der Waals surface area contributed by atoms with E-state index in [1.807, 2.05) is 7.05 Å². The number of carbonyl (C=O) groups is 1. The molecule has 0 radical (unpaired) electrons. The van der Waals surface area contributed by atoms with E-state index in [1.54, 1.807) is 23.0 Å². The average Bonchev–Trinajstić information content (AvgIpc) is 2.73. The number of nitrogens with one attached hydrogen (secondary N) is 1. The molecule has 2 rings (SSSR count). The quantitative estimate of drug-likeness (QED) is 0.882. The molecule has 0 atom stereocenters. The molecule has 0 saturated heterocycles. The van der Waals surface area contributed by atoms with Crippen molar-refractivity contribution in [2.24, 2.45) is 7.05 Å². The molecule has 2 aromatic rings. The highest BCUT2D eigenvalue weighted by Crippen LogP contribution is 2.21. The molecule has 0 amide bonds. The first kappa shape index (κ1) is 12.4. The Hall–Kier alpha value is -2.08. The minimum absolute atomic E-state index is 0.129. The van der Waals surface area contributed by atoms with Gasteiger partial charge in [-0.1, -0.05) is 11.6 Å². The number of aryl methyl sites for hydroxylation is 1. The Morgan fingerprint density at radius 2 is 2.33 bits per heavy atom. The molecule has 0 saturated carbocycles. The van der Waals surface area contributed by atoms with Crippen molar-refractivity contribution in [3.05, 3.63) is 40.9 Å². The fourth-order valence-electron chi connectivity index (χ4n) is 1.49. The van der Waals surface area contributed by atoms with E-state index in [-0.39, 0.29) is 5.56 Å². The molecule has 1 aromatic carbocycles. The number of benzene rings is 1. The van der Waals surface area contributed by atoms with Gasteiger partial charge < -0.3 is 15.0 Å². The number of hydrogen-bond acceptors (Lipinski definition) is 4. The van der Waals surface area contributed by atoms with Crippen molar-refractivity contribution in [2.45, 2.75) is 6.54 Å². The standard InChI is InChI=1S/C11H11ClN4O2/c1-16-6-14-15-10(16)5-13-9-3-2-7(12)4-8(9)11(17)18/h2-4,6,13H,5H2,1H3,(H,17,18). The van der Waals surface area contributed by atoms with Gasteiger partial charge in [-0.25, -0.2) is 4.79 Å². The predicted molar refractivity (Wildman–Crippen MR) is 66.7 cm³/mol. The van der Waals surface area contributed by atoms with Crippen LogP contribution in [0.5, 0.6) is 0 Å². The van der Waals surface area contributed by atoms with Gasteiger partial charge in [0.2, 0.25) is 0 Å². The Bertz CT molecular complexity index is 582. The molecule has 0 fully saturated rings. The largest absolute Gasteiger partial charge is 0.478 e. The first-order valence-corrected chi connectivity index (χ1v) is 5.55. The molecule has 18 heavy (non-hydrogen) atoms. The second-order valence-corrected chi connectivity index (χ2v) is 4.14. The summed E-state index contributed by atoms with van der Waals surface area (Å²) in [4.78, 5) is 11.1. The van der Waals surface area contributed by atoms with Gasteiger partial charge >= 0.3 is 5.97 Å². The van der Waals surface area contributed by atoms with Gasteiger partial charge in [0.25, 0.3) is 0 Å². The van der Waals surface area contributed by atoms with Crippen molar-refractivity contribution in [3.63, 3.8) is 0 Å². The molecule has 0 aliphatic carbocycles. The van der Waals surface area contributed by atoms with Gasteiger partial charge in [-0.05, 0) is 18.2 Å².